The Balaban J connectivity index is 2.32. The van der Waals surface area contributed by atoms with Gasteiger partial charge in [-0.2, -0.15) is 0 Å². The first-order chi connectivity index (χ1) is 11.9. The lowest BCUT2D eigenvalue weighted by Crippen LogP contribution is -2.46. The largest absolute Gasteiger partial charge is 0.497 e. The molecule has 7 heteroatoms. The summed E-state index contributed by atoms with van der Waals surface area (Å²) in [7, 11) is -2.09. The van der Waals surface area contributed by atoms with Crippen LogP contribution in [0.3, 0.4) is 0 Å². The van der Waals surface area contributed by atoms with E-state index in [0.717, 1.165) is 10.6 Å². The van der Waals surface area contributed by atoms with E-state index in [-0.39, 0.29) is 0 Å². The maximum Gasteiger partial charge on any atom is 0.248 e. The van der Waals surface area contributed by atoms with E-state index in [2.05, 4.69) is 5.32 Å². The molecular formula is C18H22N2O4S. The van der Waals surface area contributed by atoms with E-state index in [0.29, 0.717) is 23.5 Å². The first kappa shape index (κ1) is 18.8. The zero-order valence-electron chi connectivity index (χ0n) is 14.5. The van der Waals surface area contributed by atoms with Crippen LogP contribution < -0.4 is 14.4 Å². The van der Waals surface area contributed by atoms with Crippen LogP contribution in [0.5, 0.6) is 5.75 Å². The summed E-state index contributed by atoms with van der Waals surface area (Å²) in [6.45, 7) is 1.77. The number of rotatable bonds is 7. The molecule has 0 saturated carbocycles. The maximum absolute atomic E-state index is 12.7. The van der Waals surface area contributed by atoms with Crippen molar-refractivity contribution in [3.63, 3.8) is 0 Å². The number of nitrogens with zero attached hydrogens (tertiary/aromatic N) is 1. The second-order valence-corrected chi connectivity index (χ2v) is 7.40. The number of sulfonamides is 1. The van der Waals surface area contributed by atoms with Crippen LogP contribution in [0, 0.1) is 0 Å². The second kappa shape index (κ2) is 8.02. The topological polar surface area (TPSA) is 75.7 Å². The highest BCUT2D eigenvalue weighted by molar-refractivity contribution is 7.92. The quantitative estimate of drug-likeness (QED) is 0.822. The van der Waals surface area contributed by atoms with Gasteiger partial charge in [-0.05, 0) is 30.7 Å². The number of hydrogen-bond donors (Lipinski definition) is 1. The van der Waals surface area contributed by atoms with Crippen LogP contribution in [0.25, 0.3) is 0 Å². The van der Waals surface area contributed by atoms with Gasteiger partial charge in [0.05, 0.1) is 19.1 Å². The van der Waals surface area contributed by atoms with Crippen molar-refractivity contribution in [1.29, 1.82) is 0 Å². The Morgan fingerprint density at radius 1 is 1.16 bits per heavy atom. The highest BCUT2D eigenvalue weighted by atomic mass is 32.2. The number of hydrogen-bond acceptors (Lipinski definition) is 4. The Morgan fingerprint density at radius 3 is 2.40 bits per heavy atom. The lowest BCUT2D eigenvalue weighted by atomic mass is 10.2. The molecule has 0 radical (unpaired) electrons. The number of amides is 1. The normalized spacial score (nSPS) is 12.3. The molecule has 0 aliphatic rings. The maximum atomic E-state index is 12.7. The van der Waals surface area contributed by atoms with Crippen molar-refractivity contribution < 1.29 is 17.9 Å². The summed E-state index contributed by atoms with van der Waals surface area (Å²) in [5.74, 6) is 0.207. The first-order valence-corrected chi connectivity index (χ1v) is 9.71. The van der Waals surface area contributed by atoms with E-state index >= 15 is 0 Å². The van der Waals surface area contributed by atoms with Crippen LogP contribution in [-0.2, 0) is 14.8 Å². The third kappa shape index (κ3) is 4.73. The molecule has 0 aliphatic heterocycles. The number of nitrogens with one attached hydrogen (secondary N) is 1. The van der Waals surface area contributed by atoms with E-state index in [9.17, 15) is 13.2 Å². The van der Waals surface area contributed by atoms with Crippen LogP contribution in [0.1, 0.15) is 13.3 Å². The lowest BCUT2D eigenvalue weighted by Gasteiger charge is -2.30. The highest BCUT2D eigenvalue weighted by Gasteiger charge is 2.31. The molecule has 0 fully saturated rings. The molecule has 1 atom stereocenters. The minimum atomic E-state index is -3.63. The number of carbonyl (C=O) groups is 1. The van der Waals surface area contributed by atoms with E-state index in [4.69, 9.17) is 4.74 Å². The van der Waals surface area contributed by atoms with Crippen LogP contribution in [0.4, 0.5) is 11.4 Å². The standard InChI is InChI=1S/C18H22N2O4S/c1-4-17(18(21)19-14-9-8-12-16(13-14)24-2)20(25(3,22)23)15-10-6-5-7-11-15/h5-13,17H,4H2,1-3H3,(H,19,21)/t17-/m1/s1. The number of anilines is 2. The van der Waals surface area contributed by atoms with Crippen molar-refractivity contribution in [3.05, 3.63) is 54.6 Å². The Morgan fingerprint density at radius 2 is 1.84 bits per heavy atom. The van der Waals surface area contributed by atoms with Gasteiger partial charge in [-0.3, -0.25) is 9.10 Å². The number of methoxy groups -OCH3 is 1. The third-order valence-electron chi connectivity index (χ3n) is 3.68. The molecule has 0 spiro atoms. The molecule has 1 N–H and O–H groups in total. The Kier molecular flexibility index (Phi) is 6.03. The van der Waals surface area contributed by atoms with Crippen LogP contribution >= 0.6 is 0 Å². The summed E-state index contributed by atoms with van der Waals surface area (Å²) in [6.07, 6.45) is 1.43. The fourth-order valence-corrected chi connectivity index (χ4v) is 3.77. The Labute approximate surface area is 148 Å². The second-order valence-electron chi connectivity index (χ2n) is 5.54. The molecule has 0 heterocycles. The molecular weight excluding hydrogens is 340 g/mol. The fraction of sp³-hybridized carbons (Fsp3) is 0.278. The summed E-state index contributed by atoms with van der Waals surface area (Å²) >= 11 is 0. The van der Waals surface area contributed by atoms with Crippen molar-refractivity contribution in [2.24, 2.45) is 0 Å². The molecule has 2 rings (SSSR count). The molecule has 1 amide bonds. The van der Waals surface area contributed by atoms with Crippen LogP contribution in [0.2, 0.25) is 0 Å². The van der Waals surface area contributed by atoms with Crippen LogP contribution in [0.15, 0.2) is 54.6 Å². The molecule has 25 heavy (non-hydrogen) atoms. The van der Waals surface area contributed by atoms with Crippen molar-refractivity contribution >= 4 is 27.3 Å². The monoisotopic (exact) mass is 362 g/mol. The highest BCUT2D eigenvalue weighted by Crippen LogP contribution is 2.23. The van der Waals surface area contributed by atoms with Gasteiger partial charge in [-0.25, -0.2) is 8.42 Å². The van der Waals surface area contributed by atoms with E-state index in [1.54, 1.807) is 61.5 Å². The summed E-state index contributed by atoms with van der Waals surface area (Å²) in [5, 5.41) is 2.76. The summed E-state index contributed by atoms with van der Waals surface area (Å²) < 4.78 is 30.9. The SMILES string of the molecule is CC[C@H](C(=O)Nc1cccc(OC)c1)N(c1ccccc1)S(C)(=O)=O. The van der Waals surface area contributed by atoms with Gasteiger partial charge < -0.3 is 10.1 Å². The van der Waals surface area contributed by atoms with Gasteiger partial charge in [-0.15, -0.1) is 0 Å². The van der Waals surface area contributed by atoms with Gasteiger partial charge in [0.25, 0.3) is 0 Å². The predicted molar refractivity (Wildman–Crippen MR) is 99.5 cm³/mol. The Bertz CT molecular complexity index is 822. The molecule has 6 nitrogen and oxygen atoms in total. The van der Waals surface area contributed by atoms with E-state index in [1.807, 2.05) is 0 Å². The number of ether oxygens (including phenoxy) is 1. The zero-order chi connectivity index (χ0) is 18.4. The molecule has 2 aromatic rings. The molecule has 0 saturated heterocycles. The average Bonchev–Trinajstić information content (AvgIpc) is 2.59. The van der Waals surface area contributed by atoms with E-state index < -0.39 is 22.0 Å². The van der Waals surface area contributed by atoms with Gasteiger partial charge in [-0.1, -0.05) is 31.2 Å². The van der Waals surface area contributed by atoms with Gasteiger partial charge in [0, 0.05) is 11.8 Å². The van der Waals surface area contributed by atoms with E-state index in [1.165, 1.54) is 7.11 Å². The van der Waals surface area contributed by atoms with Gasteiger partial charge in [0.1, 0.15) is 11.8 Å². The summed E-state index contributed by atoms with van der Waals surface area (Å²) in [6, 6.07) is 14.7. The third-order valence-corrected chi connectivity index (χ3v) is 4.86. The van der Waals surface area contributed by atoms with Crippen LogP contribution in [-0.4, -0.2) is 33.7 Å². The molecule has 134 valence electrons. The molecule has 0 aliphatic carbocycles. The fourth-order valence-electron chi connectivity index (χ4n) is 2.56. The minimum Gasteiger partial charge on any atom is -0.497 e. The van der Waals surface area contributed by atoms with Crippen molar-refractivity contribution in [3.8, 4) is 5.75 Å². The van der Waals surface area contributed by atoms with Gasteiger partial charge >= 0.3 is 0 Å². The first-order valence-electron chi connectivity index (χ1n) is 7.86. The predicted octanol–water partition coefficient (Wildman–Crippen LogP) is 2.88. The van der Waals surface area contributed by atoms with Gasteiger partial charge in [0.2, 0.25) is 15.9 Å². The van der Waals surface area contributed by atoms with Crippen molar-refractivity contribution in [2.45, 2.75) is 19.4 Å². The molecule has 0 bridgehead atoms. The number of carbonyl (C=O) groups excluding carboxylic acids is 1. The summed E-state index contributed by atoms with van der Waals surface area (Å²) in [4.78, 5) is 12.7. The Hall–Kier alpha value is -2.54. The molecule has 0 aromatic heterocycles. The summed E-state index contributed by atoms with van der Waals surface area (Å²) in [5.41, 5.74) is 1.00. The van der Waals surface area contributed by atoms with Crippen molar-refractivity contribution in [1.82, 2.24) is 0 Å². The van der Waals surface area contributed by atoms with Gasteiger partial charge in [0.15, 0.2) is 0 Å². The number of para-hydroxylation sites is 1. The van der Waals surface area contributed by atoms with Crippen molar-refractivity contribution in [2.75, 3.05) is 23.0 Å². The molecule has 0 unspecified atom stereocenters. The number of benzene rings is 2. The molecule has 2 aromatic carbocycles. The smallest absolute Gasteiger partial charge is 0.248 e. The zero-order valence-corrected chi connectivity index (χ0v) is 15.3. The minimum absolute atomic E-state index is 0.331. The lowest BCUT2D eigenvalue weighted by molar-refractivity contribution is -0.117. The average molecular weight is 362 g/mol.